The molecule has 6 heteroatoms. The van der Waals surface area contributed by atoms with Gasteiger partial charge in [0.1, 0.15) is 5.69 Å². The fourth-order valence-corrected chi connectivity index (χ4v) is 2.34. The number of anilines is 2. The number of benzene rings is 1. The highest BCUT2D eigenvalue weighted by atomic mass is 35.5. The number of aromatic nitrogens is 1. The number of halogens is 1. The van der Waals surface area contributed by atoms with Crippen LogP contribution >= 0.6 is 11.6 Å². The predicted octanol–water partition coefficient (Wildman–Crippen LogP) is 3.47. The van der Waals surface area contributed by atoms with E-state index >= 15 is 0 Å². The summed E-state index contributed by atoms with van der Waals surface area (Å²) in [5.74, 6) is -0.167. The fraction of sp³-hybridized carbons (Fsp3) is 0.333. The zero-order valence-corrected chi connectivity index (χ0v) is 15.0. The molecule has 0 aliphatic rings. The van der Waals surface area contributed by atoms with Crippen LogP contribution in [0.4, 0.5) is 11.4 Å². The monoisotopic (exact) mass is 346 g/mol. The summed E-state index contributed by atoms with van der Waals surface area (Å²) >= 11 is 6.14. The number of nitrogens with zero attached hydrogens (tertiary/aromatic N) is 2. The molecule has 1 aromatic carbocycles. The van der Waals surface area contributed by atoms with Crippen LogP contribution in [-0.2, 0) is 0 Å². The van der Waals surface area contributed by atoms with Gasteiger partial charge in [0.25, 0.3) is 5.91 Å². The largest absolute Gasteiger partial charge is 0.355 e. The van der Waals surface area contributed by atoms with Gasteiger partial charge in [0, 0.05) is 29.1 Å². The van der Waals surface area contributed by atoms with Crippen LogP contribution in [0.1, 0.15) is 22.5 Å². The second kappa shape index (κ2) is 8.66. The Bertz CT molecular complexity index is 703. The molecule has 0 atom stereocenters. The van der Waals surface area contributed by atoms with E-state index in [0.717, 1.165) is 29.9 Å². The lowest BCUT2D eigenvalue weighted by atomic mass is 10.2. The molecule has 24 heavy (non-hydrogen) atoms. The number of pyridine rings is 1. The summed E-state index contributed by atoms with van der Waals surface area (Å²) in [5, 5.41) is 6.83. The van der Waals surface area contributed by atoms with Crippen molar-refractivity contribution in [3.05, 3.63) is 52.8 Å². The van der Waals surface area contributed by atoms with Gasteiger partial charge in [0.05, 0.1) is 0 Å². The summed E-state index contributed by atoms with van der Waals surface area (Å²) < 4.78 is 0. The standard InChI is InChI=1S/C18H23ClN4O/c1-13-5-6-14(11-16(13)19)22-15-7-9-20-17(12-15)18(24)21-8-4-10-23(2)3/h5-7,9,11-12H,4,8,10H2,1-3H3,(H,20,22)(H,21,24). The Labute approximate surface area is 148 Å². The average molecular weight is 347 g/mol. The lowest BCUT2D eigenvalue weighted by Crippen LogP contribution is -2.27. The van der Waals surface area contributed by atoms with Gasteiger partial charge < -0.3 is 15.5 Å². The molecule has 0 radical (unpaired) electrons. The minimum absolute atomic E-state index is 0.167. The molecule has 0 fully saturated rings. The summed E-state index contributed by atoms with van der Waals surface area (Å²) in [6.07, 6.45) is 2.52. The minimum Gasteiger partial charge on any atom is -0.355 e. The minimum atomic E-state index is -0.167. The Hall–Kier alpha value is -2.11. The molecule has 0 bridgehead atoms. The van der Waals surface area contributed by atoms with Crippen molar-refractivity contribution in [1.29, 1.82) is 0 Å². The van der Waals surface area contributed by atoms with Crippen molar-refractivity contribution >= 4 is 28.9 Å². The molecule has 0 saturated heterocycles. The van der Waals surface area contributed by atoms with Crippen molar-refractivity contribution in [3.63, 3.8) is 0 Å². The molecule has 1 heterocycles. The zero-order valence-electron chi connectivity index (χ0n) is 14.3. The molecular formula is C18H23ClN4O. The Morgan fingerprint density at radius 3 is 2.67 bits per heavy atom. The van der Waals surface area contributed by atoms with Gasteiger partial charge in [-0.3, -0.25) is 9.78 Å². The molecule has 128 valence electrons. The first-order valence-corrected chi connectivity index (χ1v) is 8.25. The highest BCUT2D eigenvalue weighted by molar-refractivity contribution is 6.31. The topological polar surface area (TPSA) is 57.3 Å². The van der Waals surface area contributed by atoms with Crippen molar-refractivity contribution in [1.82, 2.24) is 15.2 Å². The van der Waals surface area contributed by atoms with Gasteiger partial charge in [-0.1, -0.05) is 17.7 Å². The van der Waals surface area contributed by atoms with Gasteiger partial charge in [-0.25, -0.2) is 0 Å². The molecular weight excluding hydrogens is 324 g/mol. The number of aryl methyl sites for hydroxylation is 1. The molecule has 0 aliphatic carbocycles. The van der Waals surface area contributed by atoms with Crippen LogP contribution in [0.5, 0.6) is 0 Å². The van der Waals surface area contributed by atoms with E-state index in [2.05, 4.69) is 20.5 Å². The molecule has 0 aliphatic heterocycles. The molecule has 1 aromatic heterocycles. The first-order chi connectivity index (χ1) is 11.5. The van der Waals surface area contributed by atoms with E-state index in [1.165, 1.54) is 0 Å². The number of hydrogen-bond acceptors (Lipinski definition) is 4. The van der Waals surface area contributed by atoms with Gasteiger partial charge in [0.15, 0.2) is 0 Å². The number of rotatable bonds is 7. The third kappa shape index (κ3) is 5.51. The third-order valence-corrected chi connectivity index (χ3v) is 3.93. The molecule has 2 aromatic rings. The summed E-state index contributed by atoms with van der Waals surface area (Å²) in [4.78, 5) is 18.4. The summed E-state index contributed by atoms with van der Waals surface area (Å²) in [6, 6.07) is 9.30. The van der Waals surface area contributed by atoms with E-state index in [1.807, 2.05) is 45.3 Å². The van der Waals surface area contributed by atoms with Crippen molar-refractivity contribution in [2.45, 2.75) is 13.3 Å². The first kappa shape index (κ1) is 18.2. The van der Waals surface area contributed by atoms with Crippen LogP contribution in [0.3, 0.4) is 0 Å². The number of nitrogens with one attached hydrogen (secondary N) is 2. The Balaban J connectivity index is 1.97. The molecule has 0 spiro atoms. The molecule has 2 N–H and O–H groups in total. The van der Waals surface area contributed by atoms with Crippen LogP contribution in [0, 0.1) is 6.92 Å². The number of amides is 1. The lowest BCUT2D eigenvalue weighted by Gasteiger charge is -2.11. The van der Waals surface area contributed by atoms with E-state index in [-0.39, 0.29) is 5.91 Å². The second-order valence-electron chi connectivity index (χ2n) is 5.93. The summed E-state index contributed by atoms with van der Waals surface area (Å²) in [7, 11) is 4.02. The van der Waals surface area contributed by atoms with Crippen LogP contribution in [0.25, 0.3) is 0 Å². The molecule has 0 saturated carbocycles. The zero-order chi connectivity index (χ0) is 17.5. The quantitative estimate of drug-likeness (QED) is 0.754. The van der Waals surface area contributed by atoms with E-state index in [1.54, 1.807) is 12.3 Å². The number of carbonyl (C=O) groups excluding carboxylic acids is 1. The van der Waals surface area contributed by atoms with Gasteiger partial charge in [0.2, 0.25) is 0 Å². The first-order valence-electron chi connectivity index (χ1n) is 7.88. The van der Waals surface area contributed by atoms with Gasteiger partial charge in [-0.2, -0.15) is 0 Å². The maximum absolute atomic E-state index is 12.2. The van der Waals surface area contributed by atoms with E-state index < -0.39 is 0 Å². The number of hydrogen-bond donors (Lipinski definition) is 2. The highest BCUT2D eigenvalue weighted by Gasteiger charge is 2.08. The maximum atomic E-state index is 12.2. The maximum Gasteiger partial charge on any atom is 0.269 e. The molecule has 0 unspecified atom stereocenters. The van der Waals surface area contributed by atoms with Crippen molar-refractivity contribution in [2.75, 3.05) is 32.5 Å². The van der Waals surface area contributed by atoms with Crippen LogP contribution in [0.2, 0.25) is 5.02 Å². The average Bonchev–Trinajstić information content (AvgIpc) is 2.55. The van der Waals surface area contributed by atoms with Gasteiger partial charge in [-0.15, -0.1) is 0 Å². The van der Waals surface area contributed by atoms with Gasteiger partial charge >= 0.3 is 0 Å². The van der Waals surface area contributed by atoms with E-state index in [4.69, 9.17) is 11.6 Å². The molecule has 2 rings (SSSR count). The Morgan fingerprint density at radius 1 is 1.21 bits per heavy atom. The second-order valence-corrected chi connectivity index (χ2v) is 6.34. The normalized spacial score (nSPS) is 10.7. The SMILES string of the molecule is Cc1ccc(Nc2ccnc(C(=O)NCCCN(C)C)c2)cc1Cl. The van der Waals surface area contributed by atoms with Crippen molar-refractivity contribution in [2.24, 2.45) is 0 Å². The van der Waals surface area contributed by atoms with Crippen molar-refractivity contribution in [3.8, 4) is 0 Å². The molecule has 1 amide bonds. The molecule has 5 nitrogen and oxygen atoms in total. The van der Waals surface area contributed by atoms with E-state index in [0.29, 0.717) is 17.3 Å². The van der Waals surface area contributed by atoms with Crippen molar-refractivity contribution < 1.29 is 4.79 Å². The highest BCUT2D eigenvalue weighted by Crippen LogP contribution is 2.23. The summed E-state index contributed by atoms with van der Waals surface area (Å²) in [6.45, 7) is 3.52. The Kier molecular flexibility index (Phi) is 6.58. The predicted molar refractivity (Wildman–Crippen MR) is 99.2 cm³/mol. The van der Waals surface area contributed by atoms with Crippen LogP contribution < -0.4 is 10.6 Å². The van der Waals surface area contributed by atoms with Crippen LogP contribution in [0.15, 0.2) is 36.5 Å². The number of carbonyl (C=O) groups is 1. The Morgan fingerprint density at radius 2 is 1.96 bits per heavy atom. The summed E-state index contributed by atoms with van der Waals surface area (Å²) in [5.41, 5.74) is 3.08. The lowest BCUT2D eigenvalue weighted by molar-refractivity contribution is 0.0947. The van der Waals surface area contributed by atoms with E-state index in [9.17, 15) is 4.79 Å². The van der Waals surface area contributed by atoms with Gasteiger partial charge in [-0.05, 0) is 63.8 Å². The smallest absolute Gasteiger partial charge is 0.269 e. The fourth-order valence-electron chi connectivity index (χ4n) is 2.16. The third-order valence-electron chi connectivity index (χ3n) is 3.52. The van der Waals surface area contributed by atoms with Crippen LogP contribution in [-0.4, -0.2) is 43.0 Å².